The average molecular weight is 479 g/mol. The maximum absolute atomic E-state index is 13.1. The summed E-state index contributed by atoms with van der Waals surface area (Å²) in [6.07, 6.45) is -2.98. The molecule has 0 aromatic heterocycles. The van der Waals surface area contributed by atoms with E-state index in [1.807, 2.05) is 0 Å². The first-order valence-electron chi connectivity index (χ1n) is 9.66. The van der Waals surface area contributed by atoms with Crippen LogP contribution in [0.15, 0.2) is 63.7 Å². The third-order valence-electron chi connectivity index (χ3n) is 4.50. The number of thioether (sulfide) groups is 1. The van der Waals surface area contributed by atoms with Crippen LogP contribution in [-0.2, 0) is 15.7 Å². The van der Waals surface area contributed by atoms with Crippen LogP contribution in [0.1, 0.15) is 18.1 Å². The van der Waals surface area contributed by atoms with Gasteiger partial charge in [0.2, 0.25) is 0 Å². The van der Waals surface area contributed by atoms with Gasteiger partial charge >= 0.3 is 12.1 Å². The zero-order valence-electron chi connectivity index (χ0n) is 17.9. The number of ether oxygens (including phenoxy) is 3. The molecule has 1 N–H and O–H groups in total. The number of hydrogen-bond acceptors (Lipinski definition) is 7. The molecule has 0 radical (unpaired) electrons. The maximum atomic E-state index is 13.1. The minimum absolute atomic E-state index is 0.0124. The van der Waals surface area contributed by atoms with E-state index >= 15 is 0 Å². The molecule has 1 aliphatic heterocycles. The van der Waals surface area contributed by atoms with Gasteiger partial charge in [-0.2, -0.15) is 13.2 Å². The Morgan fingerprint density at radius 1 is 1.15 bits per heavy atom. The zero-order chi connectivity index (χ0) is 24.2. The molecule has 0 atom stereocenters. The lowest BCUT2D eigenvalue weighted by Gasteiger charge is -2.08. The molecule has 0 saturated carbocycles. The van der Waals surface area contributed by atoms with Crippen LogP contribution in [0.2, 0.25) is 0 Å². The third kappa shape index (κ3) is 5.51. The number of nitrogens with zero attached hydrogens (tertiary/aromatic N) is 1. The quantitative estimate of drug-likeness (QED) is 0.519. The standard InChI is InChI=1S/C23H20F3NO5S/c1-4-32-22(29)19-20(28)18(11-13-10-16(30-2)8-9-17(13)31-3)33-21(19)27-15-7-5-6-14(12-15)23(24,25)26/h5-12,28H,4H2,1-3H3. The fourth-order valence-electron chi connectivity index (χ4n) is 2.95. The Kier molecular flexibility index (Phi) is 7.37. The van der Waals surface area contributed by atoms with Crippen LogP contribution >= 0.6 is 11.8 Å². The van der Waals surface area contributed by atoms with Gasteiger partial charge in [0.1, 0.15) is 27.9 Å². The maximum Gasteiger partial charge on any atom is 0.416 e. The summed E-state index contributed by atoms with van der Waals surface area (Å²) in [5.74, 6) is -0.210. The molecule has 0 bridgehead atoms. The molecular weight excluding hydrogens is 459 g/mol. The summed E-state index contributed by atoms with van der Waals surface area (Å²) >= 11 is 0.925. The van der Waals surface area contributed by atoms with Crippen LogP contribution < -0.4 is 9.47 Å². The number of methoxy groups -OCH3 is 2. The molecule has 1 heterocycles. The minimum atomic E-state index is -4.55. The lowest BCUT2D eigenvalue weighted by Crippen LogP contribution is -2.13. The largest absolute Gasteiger partial charge is 0.506 e. The molecule has 2 aromatic rings. The first-order valence-corrected chi connectivity index (χ1v) is 10.5. The second-order valence-corrected chi connectivity index (χ2v) is 7.66. The van der Waals surface area contributed by atoms with E-state index in [-0.39, 0.29) is 27.8 Å². The van der Waals surface area contributed by atoms with Crippen molar-refractivity contribution >= 4 is 34.5 Å². The molecule has 0 amide bonds. The van der Waals surface area contributed by atoms with Gasteiger partial charge in [0.05, 0.1) is 37.0 Å². The summed E-state index contributed by atoms with van der Waals surface area (Å²) in [5.41, 5.74) is -0.584. The van der Waals surface area contributed by atoms with Crippen molar-refractivity contribution < 1.29 is 37.3 Å². The molecule has 0 unspecified atom stereocenters. The van der Waals surface area contributed by atoms with Crippen LogP contribution in [-0.4, -0.2) is 36.9 Å². The molecule has 6 nitrogen and oxygen atoms in total. The Morgan fingerprint density at radius 3 is 2.55 bits per heavy atom. The predicted molar refractivity (Wildman–Crippen MR) is 120 cm³/mol. The molecule has 2 aromatic carbocycles. The fraction of sp³-hybridized carbons (Fsp3) is 0.217. The van der Waals surface area contributed by atoms with E-state index in [2.05, 4.69) is 4.99 Å². The van der Waals surface area contributed by atoms with Crippen LogP contribution in [0.5, 0.6) is 11.5 Å². The molecule has 174 valence electrons. The van der Waals surface area contributed by atoms with Gasteiger partial charge in [0.25, 0.3) is 0 Å². The molecule has 1 aliphatic rings. The topological polar surface area (TPSA) is 77.4 Å². The monoisotopic (exact) mass is 479 g/mol. The van der Waals surface area contributed by atoms with Gasteiger partial charge < -0.3 is 19.3 Å². The highest BCUT2D eigenvalue weighted by Crippen LogP contribution is 2.42. The number of aliphatic hydroxyl groups excluding tert-OH is 1. The van der Waals surface area contributed by atoms with Gasteiger partial charge in [-0.05, 0) is 49.4 Å². The lowest BCUT2D eigenvalue weighted by atomic mass is 10.1. The summed E-state index contributed by atoms with van der Waals surface area (Å²) in [7, 11) is 2.98. The highest BCUT2D eigenvalue weighted by molar-refractivity contribution is 8.18. The predicted octanol–water partition coefficient (Wildman–Crippen LogP) is 5.92. The molecular formula is C23H20F3NO5S. The Hall–Kier alpha value is -3.40. The number of halogens is 3. The number of alkyl halides is 3. The number of esters is 1. The first kappa shape index (κ1) is 24.2. The van der Waals surface area contributed by atoms with Gasteiger partial charge in [-0.15, -0.1) is 0 Å². The van der Waals surface area contributed by atoms with Crippen molar-refractivity contribution in [2.75, 3.05) is 20.8 Å². The number of rotatable bonds is 6. The highest BCUT2D eigenvalue weighted by Gasteiger charge is 2.34. The van der Waals surface area contributed by atoms with Crippen LogP contribution in [0.4, 0.5) is 18.9 Å². The van der Waals surface area contributed by atoms with E-state index in [4.69, 9.17) is 14.2 Å². The van der Waals surface area contributed by atoms with Crippen molar-refractivity contribution in [2.45, 2.75) is 13.1 Å². The van der Waals surface area contributed by atoms with E-state index in [0.29, 0.717) is 17.1 Å². The van der Waals surface area contributed by atoms with Gasteiger partial charge in [-0.1, -0.05) is 17.8 Å². The number of carbonyl (C=O) groups excluding carboxylic acids is 1. The molecule has 3 rings (SSSR count). The molecule has 0 fully saturated rings. The van der Waals surface area contributed by atoms with Crippen molar-refractivity contribution in [2.24, 2.45) is 4.99 Å². The zero-order valence-corrected chi connectivity index (χ0v) is 18.7. The van der Waals surface area contributed by atoms with Crippen molar-refractivity contribution in [3.63, 3.8) is 0 Å². The van der Waals surface area contributed by atoms with Gasteiger partial charge in [0.15, 0.2) is 0 Å². The molecule has 0 saturated heterocycles. The lowest BCUT2D eigenvalue weighted by molar-refractivity contribution is -0.138. The van der Waals surface area contributed by atoms with Crippen molar-refractivity contribution in [1.82, 2.24) is 0 Å². The number of hydrogen-bond donors (Lipinski definition) is 1. The fourth-order valence-corrected chi connectivity index (χ4v) is 3.98. The van der Waals surface area contributed by atoms with Gasteiger partial charge in [-0.25, -0.2) is 9.79 Å². The Labute approximate surface area is 192 Å². The number of aliphatic hydroxyl groups is 1. The van der Waals surface area contributed by atoms with E-state index in [1.165, 1.54) is 26.4 Å². The number of benzene rings is 2. The highest BCUT2D eigenvalue weighted by atomic mass is 32.2. The van der Waals surface area contributed by atoms with E-state index in [9.17, 15) is 23.1 Å². The Bertz CT molecular complexity index is 1160. The summed E-state index contributed by atoms with van der Waals surface area (Å²) < 4.78 is 54.8. The van der Waals surface area contributed by atoms with E-state index in [0.717, 1.165) is 23.9 Å². The smallest absolute Gasteiger partial charge is 0.416 e. The minimum Gasteiger partial charge on any atom is -0.506 e. The van der Waals surface area contributed by atoms with E-state index in [1.54, 1.807) is 31.2 Å². The summed E-state index contributed by atoms with van der Waals surface area (Å²) in [4.78, 5) is 17.0. The van der Waals surface area contributed by atoms with Crippen molar-refractivity contribution in [1.29, 1.82) is 0 Å². The van der Waals surface area contributed by atoms with Crippen LogP contribution in [0.25, 0.3) is 6.08 Å². The van der Waals surface area contributed by atoms with Crippen LogP contribution in [0, 0.1) is 0 Å². The number of aliphatic imine (C=N–C) groups is 1. The molecule has 10 heteroatoms. The Balaban J connectivity index is 2.10. The second kappa shape index (κ2) is 10.0. The summed E-state index contributed by atoms with van der Waals surface area (Å²) in [6, 6.07) is 9.42. The number of carbonyl (C=O) groups is 1. The third-order valence-corrected chi connectivity index (χ3v) is 5.52. The van der Waals surface area contributed by atoms with Crippen LogP contribution in [0.3, 0.4) is 0 Å². The van der Waals surface area contributed by atoms with Gasteiger partial charge in [-0.3, -0.25) is 0 Å². The molecule has 33 heavy (non-hydrogen) atoms. The average Bonchev–Trinajstić information content (AvgIpc) is 3.08. The second-order valence-electron chi connectivity index (χ2n) is 6.63. The molecule has 0 spiro atoms. The first-order chi connectivity index (χ1) is 15.7. The Morgan fingerprint density at radius 2 is 1.91 bits per heavy atom. The molecule has 0 aliphatic carbocycles. The summed E-state index contributed by atoms with van der Waals surface area (Å²) in [5, 5.41) is 10.8. The normalized spacial score (nSPS) is 16.4. The van der Waals surface area contributed by atoms with E-state index < -0.39 is 23.5 Å². The van der Waals surface area contributed by atoms with Crippen molar-refractivity contribution in [3.05, 3.63) is 69.8 Å². The SMILES string of the molecule is CCOC(=O)C1=C(O)C(=Cc2cc(OC)ccc2OC)SC1=Nc1cccc(C(F)(F)F)c1. The summed E-state index contributed by atoms with van der Waals surface area (Å²) in [6.45, 7) is 1.64. The van der Waals surface area contributed by atoms with Crippen molar-refractivity contribution in [3.8, 4) is 11.5 Å². The van der Waals surface area contributed by atoms with Gasteiger partial charge in [0, 0.05) is 5.56 Å².